The van der Waals surface area contributed by atoms with Crippen molar-refractivity contribution in [3.05, 3.63) is 0 Å². The molecule has 0 rings (SSSR count). The molecule has 2 amide bonds. The van der Waals surface area contributed by atoms with E-state index in [0.717, 1.165) is 0 Å². The summed E-state index contributed by atoms with van der Waals surface area (Å²) in [6.45, 7) is 3.62. The van der Waals surface area contributed by atoms with Gasteiger partial charge < -0.3 is 5.32 Å². The number of carbonyl (C=O) groups excluding carboxylic acids is 2. The molecule has 0 saturated carbocycles. The van der Waals surface area contributed by atoms with Crippen LogP contribution in [0, 0.1) is 0 Å². The molecule has 1 radical (unpaired) electrons. The minimum Gasteiger partial charge on any atom is -0.354 e. The number of amides is 2. The lowest BCUT2D eigenvalue weighted by atomic mass is 10.5. The van der Waals surface area contributed by atoms with Crippen molar-refractivity contribution >= 4 is 11.8 Å². The highest BCUT2D eigenvalue weighted by atomic mass is 16.2. The molecular weight excluding hydrogens is 132 g/mol. The van der Waals surface area contributed by atoms with E-state index in [9.17, 15) is 9.59 Å². The fourth-order valence-electron chi connectivity index (χ4n) is 0.445. The first kappa shape index (κ1) is 8.94. The van der Waals surface area contributed by atoms with Crippen LogP contribution in [0.3, 0.4) is 0 Å². The second-order valence-electron chi connectivity index (χ2n) is 1.88. The predicted octanol–water partition coefficient (Wildman–Crippen LogP) is -0.727. The van der Waals surface area contributed by atoms with Gasteiger partial charge in [-0.25, -0.2) is 5.32 Å². The van der Waals surface area contributed by atoms with Gasteiger partial charge in [0, 0.05) is 20.4 Å². The Morgan fingerprint density at radius 2 is 2.00 bits per heavy atom. The van der Waals surface area contributed by atoms with Crippen LogP contribution in [-0.4, -0.2) is 24.9 Å². The van der Waals surface area contributed by atoms with Gasteiger partial charge >= 0.3 is 0 Å². The average Bonchev–Trinajstić information content (AvgIpc) is 1.79. The van der Waals surface area contributed by atoms with Crippen molar-refractivity contribution in [3.63, 3.8) is 0 Å². The lowest BCUT2D eigenvalue weighted by Gasteiger charge is -1.98. The average molecular weight is 143 g/mol. The molecule has 0 aliphatic carbocycles. The summed E-state index contributed by atoms with van der Waals surface area (Å²) in [5, 5.41) is 6.06. The number of carbonyl (C=O) groups is 2. The Balaban J connectivity index is 3.06. The van der Waals surface area contributed by atoms with Gasteiger partial charge in [0.1, 0.15) is 0 Å². The summed E-state index contributed by atoms with van der Waals surface area (Å²) >= 11 is 0. The smallest absolute Gasteiger partial charge is 0.238 e. The van der Waals surface area contributed by atoms with Gasteiger partial charge in [-0.05, 0) is 0 Å². The number of rotatable bonds is 3. The Bertz CT molecular complexity index is 118. The van der Waals surface area contributed by atoms with E-state index in [1.165, 1.54) is 13.8 Å². The van der Waals surface area contributed by atoms with Gasteiger partial charge in [0.15, 0.2) is 0 Å². The maximum Gasteiger partial charge on any atom is 0.238 e. The standard InChI is InChI=1S/C6H11N2O2/c1-5(9)7-3-4-8-6(2)10/h3-4H2,1-2H3,(H,7,9). The molecule has 4 heteroatoms. The van der Waals surface area contributed by atoms with Crippen molar-refractivity contribution in [2.24, 2.45) is 0 Å². The van der Waals surface area contributed by atoms with E-state index in [1.807, 2.05) is 0 Å². The van der Waals surface area contributed by atoms with Gasteiger partial charge in [-0.1, -0.05) is 0 Å². The lowest BCUT2D eigenvalue weighted by Crippen LogP contribution is -2.28. The third-order valence-electron chi connectivity index (χ3n) is 0.820. The normalized spacial score (nSPS) is 8.60. The van der Waals surface area contributed by atoms with Gasteiger partial charge in [0.25, 0.3) is 0 Å². The zero-order valence-electron chi connectivity index (χ0n) is 6.18. The molecule has 0 aliphatic heterocycles. The summed E-state index contributed by atoms with van der Waals surface area (Å²) in [5.74, 6) is -0.302. The maximum atomic E-state index is 10.3. The van der Waals surface area contributed by atoms with E-state index in [1.54, 1.807) is 0 Å². The third-order valence-corrected chi connectivity index (χ3v) is 0.820. The fraction of sp³-hybridized carbons (Fsp3) is 0.667. The van der Waals surface area contributed by atoms with Crippen molar-refractivity contribution < 1.29 is 9.59 Å². The van der Waals surface area contributed by atoms with Crippen LogP contribution >= 0.6 is 0 Å². The largest absolute Gasteiger partial charge is 0.354 e. The van der Waals surface area contributed by atoms with E-state index < -0.39 is 0 Å². The van der Waals surface area contributed by atoms with Crippen molar-refractivity contribution in [3.8, 4) is 0 Å². The summed E-state index contributed by atoms with van der Waals surface area (Å²) in [7, 11) is 0. The SMILES string of the molecule is CC(=O)[N]CCNC(C)=O. The minimum atomic E-state index is -0.203. The van der Waals surface area contributed by atoms with Crippen molar-refractivity contribution in [1.29, 1.82) is 0 Å². The summed E-state index contributed by atoms with van der Waals surface area (Å²) in [5.41, 5.74) is 0. The zero-order valence-corrected chi connectivity index (χ0v) is 6.18. The van der Waals surface area contributed by atoms with Crippen LogP contribution in [0.15, 0.2) is 0 Å². The van der Waals surface area contributed by atoms with Crippen LogP contribution in [0.1, 0.15) is 13.8 Å². The first-order valence-electron chi connectivity index (χ1n) is 3.05. The Labute approximate surface area is 60.0 Å². The van der Waals surface area contributed by atoms with Crippen LogP contribution in [-0.2, 0) is 9.59 Å². The molecule has 10 heavy (non-hydrogen) atoms. The molecule has 0 saturated heterocycles. The first-order valence-corrected chi connectivity index (χ1v) is 3.05. The summed E-state index contributed by atoms with van der Waals surface area (Å²) < 4.78 is 0. The highest BCUT2D eigenvalue weighted by Crippen LogP contribution is 1.64. The van der Waals surface area contributed by atoms with Gasteiger partial charge in [-0.3, -0.25) is 9.59 Å². The first-order chi connectivity index (χ1) is 4.63. The fourth-order valence-corrected chi connectivity index (χ4v) is 0.445. The molecule has 0 bridgehead atoms. The van der Waals surface area contributed by atoms with Gasteiger partial charge in [-0.2, -0.15) is 0 Å². The zero-order chi connectivity index (χ0) is 7.98. The molecule has 1 N–H and O–H groups in total. The molecule has 0 aromatic heterocycles. The molecule has 0 aromatic rings. The van der Waals surface area contributed by atoms with Crippen LogP contribution in [0.25, 0.3) is 0 Å². The van der Waals surface area contributed by atoms with Gasteiger partial charge in [0.2, 0.25) is 11.8 Å². The van der Waals surface area contributed by atoms with Crippen LogP contribution in [0.5, 0.6) is 0 Å². The number of hydrogen-bond acceptors (Lipinski definition) is 2. The second-order valence-corrected chi connectivity index (χ2v) is 1.88. The van der Waals surface area contributed by atoms with E-state index in [-0.39, 0.29) is 11.8 Å². The summed E-state index contributed by atoms with van der Waals surface area (Å²) in [6, 6.07) is 0. The van der Waals surface area contributed by atoms with E-state index in [4.69, 9.17) is 0 Å². The highest BCUT2D eigenvalue weighted by molar-refractivity contribution is 5.73. The topological polar surface area (TPSA) is 60.3 Å². The van der Waals surface area contributed by atoms with E-state index in [0.29, 0.717) is 13.1 Å². The number of hydrogen-bond donors (Lipinski definition) is 1. The molecular formula is C6H11N2O2. The van der Waals surface area contributed by atoms with E-state index >= 15 is 0 Å². The quantitative estimate of drug-likeness (QED) is 0.530. The Kier molecular flexibility index (Phi) is 4.28. The molecule has 4 nitrogen and oxygen atoms in total. The minimum absolute atomic E-state index is 0.0984. The molecule has 0 aromatic carbocycles. The van der Waals surface area contributed by atoms with Gasteiger partial charge in [-0.15, -0.1) is 0 Å². The number of nitrogens with one attached hydrogen (secondary N) is 1. The lowest BCUT2D eigenvalue weighted by molar-refractivity contribution is -0.121. The van der Waals surface area contributed by atoms with Crippen molar-refractivity contribution in [2.75, 3.05) is 13.1 Å². The Hall–Kier alpha value is -1.06. The molecule has 0 aliphatic rings. The van der Waals surface area contributed by atoms with Crippen LogP contribution < -0.4 is 10.6 Å². The molecule has 0 heterocycles. The monoisotopic (exact) mass is 143 g/mol. The molecule has 57 valence electrons. The van der Waals surface area contributed by atoms with Crippen molar-refractivity contribution in [2.45, 2.75) is 13.8 Å². The highest BCUT2D eigenvalue weighted by Gasteiger charge is 1.92. The van der Waals surface area contributed by atoms with Crippen LogP contribution in [0.2, 0.25) is 0 Å². The Morgan fingerprint density at radius 3 is 2.40 bits per heavy atom. The summed E-state index contributed by atoms with van der Waals surface area (Å²) in [4.78, 5) is 20.5. The molecule has 0 unspecified atom stereocenters. The van der Waals surface area contributed by atoms with E-state index in [2.05, 4.69) is 10.6 Å². The van der Waals surface area contributed by atoms with Gasteiger partial charge in [0.05, 0.1) is 6.54 Å². The van der Waals surface area contributed by atoms with Crippen LogP contribution in [0.4, 0.5) is 0 Å². The molecule has 0 fully saturated rings. The molecule has 0 spiro atoms. The number of nitrogens with zero attached hydrogens (tertiary/aromatic N) is 1. The third kappa shape index (κ3) is 6.94. The second kappa shape index (κ2) is 4.78. The Morgan fingerprint density at radius 1 is 1.40 bits per heavy atom. The maximum absolute atomic E-state index is 10.3. The summed E-state index contributed by atoms with van der Waals surface area (Å²) in [6.07, 6.45) is 0. The van der Waals surface area contributed by atoms with Crippen molar-refractivity contribution in [1.82, 2.24) is 10.6 Å². The molecule has 0 atom stereocenters. The predicted molar refractivity (Wildman–Crippen MR) is 36.4 cm³/mol.